The van der Waals surface area contributed by atoms with Gasteiger partial charge in [-0.2, -0.15) is 4.98 Å². The maximum absolute atomic E-state index is 13.5. The number of rotatable bonds is 8. The molecule has 0 unspecified atom stereocenters. The van der Waals surface area contributed by atoms with Gasteiger partial charge in [0.15, 0.2) is 5.82 Å². The third kappa shape index (κ3) is 4.91. The number of aromatic nitrogens is 2. The number of carbonyl (C=O) groups excluding carboxylic acids is 2. The first-order valence-electron chi connectivity index (χ1n) is 12.8. The third-order valence-electron chi connectivity index (χ3n) is 7.17. The summed E-state index contributed by atoms with van der Waals surface area (Å²) in [6.45, 7) is 1.71. The Hall–Kier alpha value is -4.70. The molecule has 0 spiro atoms. The number of aryl methyl sites for hydroxylation is 1. The van der Waals surface area contributed by atoms with Crippen molar-refractivity contribution in [3.63, 3.8) is 0 Å². The summed E-state index contributed by atoms with van der Waals surface area (Å²) in [4.78, 5) is 30.3. The summed E-state index contributed by atoms with van der Waals surface area (Å²) < 4.78 is 30.2. The molecule has 9 nitrogen and oxygen atoms in total. The minimum Gasteiger partial charge on any atom is -0.496 e. The first-order valence-corrected chi connectivity index (χ1v) is 13.2. The van der Waals surface area contributed by atoms with Crippen LogP contribution >= 0.6 is 11.6 Å². The molecular weight excluding hydrogens is 551 g/mol. The van der Waals surface area contributed by atoms with E-state index < -0.39 is 17.4 Å². The normalized spacial score (nSPS) is 13.8. The number of benzene rings is 3. The number of nitrogens with one attached hydrogen (secondary N) is 1. The zero-order valence-corrected chi connectivity index (χ0v) is 22.8. The molecule has 1 saturated carbocycles. The van der Waals surface area contributed by atoms with Crippen LogP contribution in [0.25, 0.3) is 22.1 Å². The number of fused-ring (bicyclic) bond motifs is 1. The standard InChI is InChI=1S/C30H24ClFN4O5/c1-15-34-29(41-36-15)30(9-10-30)35-28(38)21-13-19(22(31)14-24(21)39-2)17-5-8-23-20(12-17)26(27(33)37)25(40-23)11-16-3-6-18(32)7-4-16/h3-8,12-14H,9-11H2,1-2H3,(H2,33,37)(H,35,38). The lowest BCUT2D eigenvalue weighted by atomic mass is 9.98. The number of carbonyl (C=O) groups is 2. The molecule has 3 aromatic carbocycles. The average molecular weight is 575 g/mol. The highest BCUT2D eigenvalue weighted by Gasteiger charge is 2.51. The van der Waals surface area contributed by atoms with Crippen LogP contribution in [0.1, 0.15) is 56.6 Å². The number of hydrogen-bond donors (Lipinski definition) is 2. The summed E-state index contributed by atoms with van der Waals surface area (Å²) in [6.07, 6.45) is 1.57. The van der Waals surface area contributed by atoms with Crippen LogP contribution in [0.4, 0.5) is 4.39 Å². The Kier molecular flexibility index (Phi) is 6.50. The fraction of sp³-hybridized carbons (Fsp3) is 0.200. The highest BCUT2D eigenvalue weighted by atomic mass is 35.5. The number of nitrogens with zero attached hydrogens (tertiary/aromatic N) is 2. The molecule has 41 heavy (non-hydrogen) atoms. The van der Waals surface area contributed by atoms with Crippen molar-refractivity contribution in [2.75, 3.05) is 7.11 Å². The van der Waals surface area contributed by atoms with Crippen LogP contribution in [0.15, 0.2) is 63.5 Å². The quantitative estimate of drug-likeness (QED) is 0.243. The second kappa shape index (κ2) is 10.0. The highest BCUT2D eigenvalue weighted by molar-refractivity contribution is 6.33. The zero-order valence-electron chi connectivity index (χ0n) is 22.1. The molecule has 3 N–H and O–H groups in total. The summed E-state index contributed by atoms with van der Waals surface area (Å²) >= 11 is 6.65. The number of primary amides is 1. The van der Waals surface area contributed by atoms with Crippen LogP contribution < -0.4 is 15.8 Å². The van der Waals surface area contributed by atoms with Crippen molar-refractivity contribution in [3.05, 3.63) is 99.6 Å². The fourth-order valence-corrected chi connectivity index (χ4v) is 5.18. The second-order valence-electron chi connectivity index (χ2n) is 9.99. The van der Waals surface area contributed by atoms with Gasteiger partial charge in [-0.3, -0.25) is 9.59 Å². The van der Waals surface area contributed by atoms with Crippen molar-refractivity contribution in [1.29, 1.82) is 0 Å². The van der Waals surface area contributed by atoms with Gasteiger partial charge in [-0.1, -0.05) is 35.0 Å². The van der Waals surface area contributed by atoms with Gasteiger partial charge < -0.3 is 24.7 Å². The van der Waals surface area contributed by atoms with Gasteiger partial charge in [0.2, 0.25) is 0 Å². The fourth-order valence-electron chi connectivity index (χ4n) is 4.91. The van der Waals surface area contributed by atoms with Crippen molar-refractivity contribution < 1.29 is 27.7 Å². The van der Waals surface area contributed by atoms with Crippen LogP contribution in [0.2, 0.25) is 5.02 Å². The molecule has 0 atom stereocenters. The molecule has 5 aromatic rings. The van der Waals surface area contributed by atoms with E-state index in [0.29, 0.717) is 57.4 Å². The number of furan rings is 1. The van der Waals surface area contributed by atoms with E-state index in [1.165, 1.54) is 19.2 Å². The van der Waals surface area contributed by atoms with Crippen LogP contribution in [-0.2, 0) is 12.0 Å². The molecular formula is C30H24ClFN4O5. The topological polar surface area (TPSA) is 133 Å². The van der Waals surface area contributed by atoms with Crippen molar-refractivity contribution >= 4 is 34.4 Å². The summed E-state index contributed by atoms with van der Waals surface area (Å²) in [5, 5.41) is 7.68. The zero-order chi connectivity index (χ0) is 28.9. The number of halogens is 2. The molecule has 1 aliphatic rings. The van der Waals surface area contributed by atoms with Gasteiger partial charge in [0.1, 0.15) is 28.4 Å². The molecule has 11 heteroatoms. The molecule has 1 fully saturated rings. The van der Waals surface area contributed by atoms with E-state index in [9.17, 15) is 14.0 Å². The van der Waals surface area contributed by atoms with Crippen molar-refractivity contribution in [3.8, 4) is 16.9 Å². The van der Waals surface area contributed by atoms with Gasteiger partial charge in [0.25, 0.3) is 17.7 Å². The molecule has 0 saturated heterocycles. The van der Waals surface area contributed by atoms with Crippen LogP contribution in [0.3, 0.4) is 0 Å². The lowest BCUT2D eigenvalue weighted by molar-refractivity contribution is 0.0916. The number of amides is 2. The maximum Gasteiger partial charge on any atom is 0.255 e. The van der Waals surface area contributed by atoms with E-state index in [0.717, 1.165) is 5.56 Å². The lowest BCUT2D eigenvalue weighted by Crippen LogP contribution is -2.35. The monoisotopic (exact) mass is 574 g/mol. The number of ether oxygens (including phenoxy) is 1. The highest BCUT2D eigenvalue weighted by Crippen LogP contribution is 2.45. The minimum absolute atomic E-state index is 0.222. The van der Waals surface area contributed by atoms with Crippen molar-refractivity contribution in [2.45, 2.75) is 31.7 Å². The second-order valence-corrected chi connectivity index (χ2v) is 10.4. The van der Waals surface area contributed by atoms with Crippen LogP contribution in [0, 0.1) is 12.7 Å². The maximum atomic E-state index is 13.5. The molecule has 2 amide bonds. The Balaban J connectivity index is 1.38. The number of methoxy groups -OCH3 is 1. The van der Waals surface area contributed by atoms with E-state index >= 15 is 0 Å². The Labute approximate surface area is 238 Å². The van der Waals surface area contributed by atoms with Gasteiger partial charge in [-0.05, 0) is 61.2 Å². The number of nitrogens with two attached hydrogens (primary N) is 1. The molecule has 0 bridgehead atoms. The van der Waals surface area contributed by atoms with E-state index in [-0.39, 0.29) is 29.1 Å². The Morgan fingerprint density at radius 1 is 1.15 bits per heavy atom. The van der Waals surface area contributed by atoms with Crippen LogP contribution in [0.5, 0.6) is 5.75 Å². The van der Waals surface area contributed by atoms with Gasteiger partial charge in [-0.15, -0.1) is 0 Å². The van der Waals surface area contributed by atoms with E-state index in [4.69, 9.17) is 31.0 Å². The summed E-state index contributed by atoms with van der Waals surface area (Å²) in [6, 6.07) is 14.3. The molecule has 2 aromatic heterocycles. The Bertz CT molecular complexity index is 1820. The van der Waals surface area contributed by atoms with E-state index in [1.807, 2.05) is 0 Å². The smallest absolute Gasteiger partial charge is 0.255 e. The Morgan fingerprint density at radius 2 is 1.90 bits per heavy atom. The molecule has 2 heterocycles. The van der Waals surface area contributed by atoms with Gasteiger partial charge in [0.05, 0.1) is 23.3 Å². The SMILES string of the molecule is COc1cc(Cl)c(-c2ccc3oc(Cc4ccc(F)cc4)c(C(N)=O)c3c2)cc1C(=O)NC1(c2nc(C)no2)CC1. The Morgan fingerprint density at radius 3 is 2.54 bits per heavy atom. The summed E-state index contributed by atoms with van der Waals surface area (Å²) in [5.74, 6) is 0.0807. The van der Waals surface area contributed by atoms with Crippen molar-refractivity contribution in [1.82, 2.24) is 15.5 Å². The van der Waals surface area contributed by atoms with E-state index in [1.54, 1.807) is 49.4 Å². The first kappa shape index (κ1) is 26.5. The van der Waals surface area contributed by atoms with Crippen LogP contribution in [-0.4, -0.2) is 29.1 Å². The summed E-state index contributed by atoms with van der Waals surface area (Å²) in [7, 11) is 1.45. The van der Waals surface area contributed by atoms with Gasteiger partial charge in [-0.25, -0.2) is 4.39 Å². The molecule has 6 rings (SSSR count). The average Bonchev–Trinajstić information content (AvgIpc) is 3.42. The van der Waals surface area contributed by atoms with Gasteiger partial charge in [0, 0.05) is 23.4 Å². The number of hydrogen-bond acceptors (Lipinski definition) is 7. The molecule has 0 radical (unpaired) electrons. The predicted octanol–water partition coefficient (Wildman–Crippen LogP) is 5.70. The molecule has 1 aliphatic carbocycles. The summed E-state index contributed by atoms with van der Waals surface area (Å²) in [5.41, 5.74) is 7.89. The first-order chi connectivity index (χ1) is 19.7. The van der Waals surface area contributed by atoms with Crippen molar-refractivity contribution in [2.24, 2.45) is 5.73 Å². The molecule has 208 valence electrons. The minimum atomic E-state index is -0.726. The van der Waals surface area contributed by atoms with E-state index in [2.05, 4.69) is 15.5 Å². The lowest BCUT2D eigenvalue weighted by Gasteiger charge is -2.16. The third-order valence-corrected chi connectivity index (χ3v) is 7.48. The van der Waals surface area contributed by atoms with Gasteiger partial charge >= 0.3 is 0 Å². The molecule has 0 aliphatic heterocycles. The largest absolute Gasteiger partial charge is 0.496 e. The predicted molar refractivity (Wildman–Crippen MR) is 148 cm³/mol.